The first-order valence-electron chi connectivity index (χ1n) is 12.9. The van der Waals surface area contributed by atoms with Gasteiger partial charge in [-0.2, -0.15) is 0 Å². The summed E-state index contributed by atoms with van der Waals surface area (Å²) >= 11 is 0. The Labute approximate surface area is 222 Å². The number of ether oxygens (including phenoxy) is 1. The molecule has 1 aromatic heterocycles. The number of methoxy groups -OCH3 is 1. The number of nitrogens with zero attached hydrogens (tertiary/aromatic N) is 3. The second-order valence-electron chi connectivity index (χ2n) is 9.89. The monoisotopic (exact) mass is 506 g/mol. The maximum Gasteiger partial charge on any atom is 0.322 e. The van der Waals surface area contributed by atoms with Crippen molar-refractivity contribution in [2.45, 2.75) is 31.8 Å². The van der Waals surface area contributed by atoms with Crippen molar-refractivity contribution in [3.63, 3.8) is 0 Å². The van der Waals surface area contributed by atoms with E-state index in [1.807, 2.05) is 59.6 Å². The zero-order valence-corrected chi connectivity index (χ0v) is 21.5. The molecule has 6 rings (SSSR count). The molecule has 2 aliphatic rings. The Hall–Kier alpha value is -4.52. The number of benzene rings is 3. The first-order chi connectivity index (χ1) is 18.5. The van der Waals surface area contributed by atoms with Crippen LogP contribution in [0.1, 0.15) is 35.7 Å². The van der Waals surface area contributed by atoms with E-state index in [-0.39, 0.29) is 30.6 Å². The molecule has 7 nitrogen and oxygen atoms in total. The van der Waals surface area contributed by atoms with Crippen molar-refractivity contribution in [3.8, 4) is 11.4 Å². The molecule has 3 aromatic carbocycles. The Kier molecular flexibility index (Phi) is 6.12. The van der Waals surface area contributed by atoms with Gasteiger partial charge in [0.15, 0.2) is 0 Å². The number of carbonyl (C=O) groups excluding carboxylic acids is 2. The molecule has 0 saturated heterocycles. The molecule has 1 aliphatic heterocycles. The highest BCUT2D eigenvalue weighted by Gasteiger charge is 2.40. The molecular weight excluding hydrogens is 476 g/mol. The number of para-hydroxylation sites is 2. The summed E-state index contributed by atoms with van der Waals surface area (Å²) in [4.78, 5) is 31.2. The van der Waals surface area contributed by atoms with Crippen LogP contribution in [-0.2, 0) is 4.79 Å². The van der Waals surface area contributed by atoms with Gasteiger partial charge in [-0.3, -0.25) is 9.69 Å². The van der Waals surface area contributed by atoms with Crippen LogP contribution in [-0.4, -0.2) is 41.1 Å². The Balaban J connectivity index is 1.34. The molecule has 0 radical (unpaired) electrons. The van der Waals surface area contributed by atoms with E-state index >= 15 is 0 Å². The number of anilines is 2. The van der Waals surface area contributed by atoms with E-state index in [1.54, 1.807) is 18.1 Å². The standard InChI is InChI=1S/C31H30N4O3/c1-21-12-14-22(15-13-21)30-28-11-6-18-33(28)26-9-3-4-10-27(26)35(30)29(36)20-34(24-16-17-24)31(37)32-23-7-5-8-25(19-23)38-2/h3-15,18-19,24,30H,16-17,20H2,1-2H3,(H,32,37). The highest BCUT2D eigenvalue weighted by atomic mass is 16.5. The topological polar surface area (TPSA) is 66.8 Å². The molecule has 0 spiro atoms. The summed E-state index contributed by atoms with van der Waals surface area (Å²) in [6.07, 6.45) is 3.81. The van der Waals surface area contributed by atoms with Gasteiger partial charge >= 0.3 is 6.03 Å². The van der Waals surface area contributed by atoms with Crippen LogP contribution in [0.3, 0.4) is 0 Å². The molecule has 1 saturated carbocycles. The Bertz CT molecular complexity index is 1490. The summed E-state index contributed by atoms with van der Waals surface area (Å²) in [5, 5.41) is 2.96. The Morgan fingerprint density at radius 2 is 1.71 bits per heavy atom. The third-order valence-electron chi connectivity index (χ3n) is 7.26. The summed E-state index contributed by atoms with van der Waals surface area (Å²) in [7, 11) is 1.59. The normalized spacial score (nSPS) is 15.8. The Morgan fingerprint density at radius 1 is 0.947 bits per heavy atom. The highest BCUT2D eigenvalue weighted by Crippen LogP contribution is 2.42. The number of rotatable bonds is 6. The van der Waals surface area contributed by atoms with Gasteiger partial charge in [0.1, 0.15) is 18.3 Å². The number of amides is 3. The van der Waals surface area contributed by atoms with Gasteiger partial charge in [-0.1, -0.05) is 48.0 Å². The molecule has 1 fully saturated rings. The lowest BCUT2D eigenvalue weighted by atomic mass is 9.97. The third-order valence-corrected chi connectivity index (χ3v) is 7.26. The molecule has 2 heterocycles. The van der Waals surface area contributed by atoms with Gasteiger partial charge in [-0.15, -0.1) is 0 Å². The quantitative estimate of drug-likeness (QED) is 0.353. The number of nitrogens with one attached hydrogen (secondary N) is 1. The van der Waals surface area contributed by atoms with Crippen molar-refractivity contribution in [2.24, 2.45) is 0 Å². The van der Waals surface area contributed by atoms with Gasteiger partial charge in [0, 0.05) is 24.0 Å². The minimum Gasteiger partial charge on any atom is -0.497 e. The molecule has 1 aliphatic carbocycles. The minimum atomic E-state index is -0.310. The fourth-order valence-corrected chi connectivity index (χ4v) is 5.20. The van der Waals surface area contributed by atoms with Crippen LogP contribution in [0.25, 0.3) is 5.69 Å². The van der Waals surface area contributed by atoms with Gasteiger partial charge < -0.3 is 19.5 Å². The van der Waals surface area contributed by atoms with Gasteiger partial charge in [-0.25, -0.2) is 4.79 Å². The van der Waals surface area contributed by atoms with Crippen LogP contribution in [0.4, 0.5) is 16.2 Å². The fourth-order valence-electron chi connectivity index (χ4n) is 5.20. The predicted molar refractivity (Wildman–Crippen MR) is 148 cm³/mol. The molecule has 1 atom stereocenters. The van der Waals surface area contributed by atoms with E-state index in [4.69, 9.17) is 4.74 Å². The van der Waals surface area contributed by atoms with E-state index < -0.39 is 0 Å². The molecule has 3 amide bonds. The van der Waals surface area contributed by atoms with Crippen LogP contribution < -0.4 is 15.0 Å². The smallest absolute Gasteiger partial charge is 0.322 e. The second kappa shape index (κ2) is 9.74. The SMILES string of the molecule is COc1cccc(NC(=O)N(CC(=O)N2c3ccccc3-n3cccc3C2c2ccc(C)cc2)C2CC2)c1. The van der Waals surface area contributed by atoms with Gasteiger partial charge in [0.25, 0.3) is 0 Å². The van der Waals surface area contributed by atoms with Gasteiger partial charge in [0.05, 0.1) is 24.2 Å². The lowest BCUT2D eigenvalue weighted by Crippen LogP contribution is -2.48. The summed E-state index contributed by atoms with van der Waals surface area (Å²) in [5.41, 5.74) is 5.61. The summed E-state index contributed by atoms with van der Waals surface area (Å²) in [6, 6.07) is 27.0. The number of carbonyl (C=O) groups is 2. The zero-order chi connectivity index (χ0) is 26.2. The largest absolute Gasteiger partial charge is 0.497 e. The van der Waals surface area contributed by atoms with E-state index in [0.29, 0.717) is 11.4 Å². The molecule has 0 bridgehead atoms. The summed E-state index contributed by atoms with van der Waals surface area (Å²) < 4.78 is 7.44. The van der Waals surface area contributed by atoms with Gasteiger partial charge in [-0.05, 0) is 61.7 Å². The minimum absolute atomic E-state index is 0.0160. The molecule has 192 valence electrons. The van der Waals surface area contributed by atoms with E-state index in [9.17, 15) is 9.59 Å². The fraction of sp³-hybridized carbons (Fsp3) is 0.226. The van der Waals surface area contributed by atoms with Crippen molar-refractivity contribution < 1.29 is 14.3 Å². The molecule has 7 heteroatoms. The van der Waals surface area contributed by atoms with Crippen molar-refractivity contribution in [3.05, 3.63) is 108 Å². The Morgan fingerprint density at radius 3 is 2.45 bits per heavy atom. The number of fused-ring (bicyclic) bond motifs is 3. The third kappa shape index (κ3) is 4.41. The van der Waals surface area contributed by atoms with Crippen molar-refractivity contribution in [1.82, 2.24) is 9.47 Å². The molecule has 4 aromatic rings. The van der Waals surface area contributed by atoms with Crippen LogP contribution in [0.5, 0.6) is 5.75 Å². The lowest BCUT2D eigenvalue weighted by Gasteiger charge is -2.39. The van der Waals surface area contributed by atoms with Crippen LogP contribution >= 0.6 is 0 Å². The molecule has 1 unspecified atom stereocenters. The molecular formula is C31H30N4O3. The molecule has 1 N–H and O–H groups in total. The average molecular weight is 507 g/mol. The second-order valence-corrected chi connectivity index (χ2v) is 9.89. The maximum absolute atomic E-state index is 14.2. The summed E-state index contributed by atoms with van der Waals surface area (Å²) in [6.45, 7) is 2.04. The van der Waals surface area contributed by atoms with E-state index in [2.05, 4.69) is 47.1 Å². The van der Waals surface area contributed by atoms with E-state index in [1.165, 1.54) is 0 Å². The number of aryl methyl sites for hydroxylation is 1. The van der Waals surface area contributed by atoms with E-state index in [0.717, 1.165) is 41.0 Å². The maximum atomic E-state index is 14.2. The number of aromatic nitrogens is 1. The van der Waals surface area contributed by atoms with Gasteiger partial charge in [0.2, 0.25) is 5.91 Å². The van der Waals surface area contributed by atoms with Crippen LogP contribution in [0.2, 0.25) is 0 Å². The lowest BCUT2D eigenvalue weighted by molar-refractivity contribution is -0.119. The number of hydrogen-bond donors (Lipinski definition) is 1. The highest BCUT2D eigenvalue weighted by molar-refractivity contribution is 6.01. The first-order valence-corrected chi connectivity index (χ1v) is 12.9. The first kappa shape index (κ1) is 23.9. The van der Waals surface area contributed by atoms with Crippen molar-refractivity contribution >= 4 is 23.3 Å². The van der Waals surface area contributed by atoms with Crippen molar-refractivity contribution in [2.75, 3.05) is 23.9 Å². The predicted octanol–water partition coefficient (Wildman–Crippen LogP) is 5.93. The average Bonchev–Trinajstić information content (AvgIpc) is 3.66. The van der Waals surface area contributed by atoms with Crippen LogP contribution in [0, 0.1) is 6.92 Å². The number of urea groups is 1. The van der Waals surface area contributed by atoms with Crippen molar-refractivity contribution in [1.29, 1.82) is 0 Å². The number of hydrogen-bond acceptors (Lipinski definition) is 3. The zero-order valence-electron chi connectivity index (χ0n) is 21.5. The molecule has 38 heavy (non-hydrogen) atoms. The van der Waals surface area contributed by atoms with Crippen LogP contribution in [0.15, 0.2) is 91.1 Å². The summed E-state index contributed by atoms with van der Waals surface area (Å²) in [5.74, 6) is 0.536.